The molecule has 0 radical (unpaired) electrons. The van der Waals surface area contributed by atoms with E-state index in [0.29, 0.717) is 0 Å². The number of rotatable bonds is 3. The molecular formula is C9H12N2S. The van der Waals surface area contributed by atoms with Crippen LogP contribution < -0.4 is 5.73 Å². The molecule has 1 atom stereocenters. The summed E-state index contributed by atoms with van der Waals surface area (Å²) >= 11 is 1.62. The van der Waals surface area contributed by atoms with Gasteiger partial charge in [-0.2, -0.15) is 0 Å². The Morgan fingerprint density at radius 1 is 1.83 bits per heavy atom. The molecule has 0 bridgehead atoms. The fourth-order valence-corrected chi connectivity index (χ4v) is 1.61. The zero-order chi connectivity index (χ0) is 8.97. The molecule has 1 rings (SSSR count). The largest absolute Gasteiger partial charge is 0.323 e. The minimum absolute atomic E-state index is 0.00556. The maximum atomic E-state index is 5.84. The second-order valence-corrected chi connectivity index (χ2v) is 3.70. The van der Waals surface area contributed by atoms with E-state index in [1.54, 1.807) is 11.3 Å². The van der Waals surface area contributed by atoms with Crippen molar-refractivity contribution in [2.24, 2.45) is 5.73 Å². The van der Waals surface area contributed by atoms with Crippen LogP contribution in [-0.4, -0.2) is 4.98 Å². The highest BCUT2D eigenvalue weighted by Crippen LogP contribution is 2.17. The molecule has 1 heterocycles. The van der Waals surface area contributed by atoms with Gasteiger partial charge < -0.3 is 5.73 Å². The Bertz CT molecular complexity index is 285. The normalized spacial score (nSPS) is 12.4. The highest BCUT2D eigenvalue weighted by Gasteiger charge is 2.07. The first-order valence-electron chi connectivity index (χ1n) is 3.85. The van der Waals surface area contributed by atoms with Gasteiger partial charge in [-0.1, -0.05) is 0 Å². The van der Waals surface area contributed by atoms with E-state index in [4.69, 9.17) is 12.2 Å². The van der Waals surface area contributed by atoms with E-state index >= 15 is 0 Å². The Morgan fingerprint density at radius 2 is 2.58 bits per heavy atom. The van der Waals surface area contributed by atoms with Crippen molar-refractivity contribution >= 4 is 11.3 Å². The van der Waals surface area contributed by atoms with Crippen LogP contribution in [0.25, 0.3) is 0 Å². The Labute approximate surface area is 76.8 Å². The lowest BCUT2D eigenvalue weighted by Crippen LogP contribution is -2.10. The van der Waals surface area contributed by atoms with Crippen LogP contribution in [0.2, 0.25) is 0 Å². The van der Waals surface area contributed by atoms with E-state index in [0.717, 1.165) is 23.5 Å². The molecule has 0 aromatic carbocycles. The maximum Gasteiger partial charge on any atom is 0.0898 e. The van der Waals surface area contributed by atoms with Gasteiger partial charge in [-0.05, 0) is 13.3 Å². The predicted octanol–water partition coefficient (Wildman–Crippen LogP) is 1.86. The monoisotopic (exact) mass is 180 g/mol. The Morgan fingerprint density at radius 3 is 3.08 bits per heavy atom. The van der Waals surface area contributed by atoms with E-state index in [1.165, 1.54) is 0 Å². The number of thiazole rings is 1. The molecule has 1 aromatic rings. The Hall–Kier alpha value is -0.850. The Balaban J connectivity index is 2.54. The molecule has 12 heavy (non-hydrogen) atoms. The number of nitrogens with two attached hydrogens (primary N) is 1. The van der Waals surface area contributed by atoms with Gasteiger partial charge in [-0.15, -0.1) is 23.7 Å². The molecule has 2 N–H and O–H groups in total. The van der Waals surface area contributed by atoms with Gasteiger partial charge in [0.15, 0.2) is 0 Å². The molecule has 0 saturated carbocycles. The number of hydrogen-bond acceptors (Lipinski definition) is 3. The zero-order valence-electron chi connectivity index (χ0n) is 7.08. The molecule has 0 aliphatic rings. The van der Waals surface area contributed by atoms with Crippen LogP contribution in [0.4, 0.5) is 0 Å². The summed E-state index contributed by atoms with van der Waals surface area (Å²) in [6, 6.07) is 0.00556. The molecule has 0 spiro atoms. The average molecular weight is 180 g/mol. The molecule has 0 saturated heterocycles. The quantitative estimate of drug-likeness (QED) is 0.721. The smallest absolute Gasteiger partial charge is 0.0898 e. The lowest BCUT2D eigenvalue weighted by molar-refractivity contribution is 0.651. The minimum Gasteiger partial charge on any atom is -0.323 e. The van der Waals surface area contributed by atoms with Crippen LogP contribution in [0.5, 0.6) is 0 Å². The molecule has 1 unspecified atom stereocenters. The Kier molecular flexibility index (Phi) is 3.27. The first-order chi connectivity index (χ1) is 5.74. The van der Waals surface area contributed by atoms with E-state index in [1.807, 2.05) is 12.3 Å². The summed E-state index contributed by atoms with van der Waals surface area (Å²) in [6.45, 7) is 1.97. The van der Waals surface area contributed by atoms with Gasteiger partial charge in [0.25, 0.3) is 0 Å². The van der Waals surface area contributed by atoms with E-state index in [2.05, 4.69) is 10.9 Å². The lowest BCUT2D eigenvalue weighted by atomic mass is 10.1. The molecule has 0 aliphatic heterocycles. The van der Waals surface area contributed by atoms with Crippen molar-refractivity contribution in [3.05, 3.63) is 16.1 Å². The fourth-order valence-electron chi connectivity index (χ4n) is 0.937. The number of aromatic nitrogens is 1. The summed E-state index contributed by atoms with van der Waals surface area (Å²) in [4.78, 5) is 4.29. The van der Waals surface area contributed by atoms with Crippen LogP contribution in [0.15, 0.2) is 5.38 Å². The predicted molar refractivity (Wildman–Crippen MR) is 51.8 cm³/mol. The van der Waals surface area contributed by atoms with Crippen LogP contribution in [-0.2, 0) is 0 Å². The highest BCUT2D eigenvalue weighted by molar-refractivity contribution is 7.09. The van der Waals surface area contributed by atoms with E-state index in [-0.39, 0.29) is 6.04 Å². The van der Waals surface area contributed by atoms with Gasteiger partial charge in [0.1, 0.15) is 0 Å². The SMILES string of the molecule is C#CCCC(N)c1csc(C)n1. The standard InChI is InChI=1S/C9H12N2S/c1-3-4-5-8(10)9-6-12-7(2)11-9/h1,6,8H,4-5,10H2,2H3. The lowest BCUT2D eigenvalue weighted by Gasteiger charge is -2.04. The molecule has 2 nitrogen and oxygen atoms in total. The maximum absolute atomic E-state index is 5.84. The molecule has 3 heteroatoms. The van der Waals surface area contributed by atoms with Crippen LogP contribution in [0.3, 0.4) is 0 Å². The van der Waals surface area contributed by atoms with Crippen molar-refractivity contribution < 1.29 is 0 Å². The third-order valence-corrected chi connectivity index (χ3v) is 2.41. The van der Waals surface area contributed by atoms with Crippen molar-refractivity contribution in [3.63, 3.8) is 0 Å². The number of hydrogen-bond donors (Lipinski definition) is 1. The molecule has 0 fully saturated rings. The molecule has 0 aliphatic carbocycles. The van der Waals surface area contributed by atoms with Crippen molar-refractivity contribution in [2.45, 2.75) is 25.8 Å². The average Bonchev–Trinajstić information content (AvgIpc) is 2.47. The van der Waals surface area contributed by atoms with Crippen molar-refractivity contribution in [3.8, 4) is 12.3 Å². The van der Waals surface area contributed by atoms with Gasteiger partial charge in [0.2, 0.25) is 0 Å². The second-order valence-electron chi connectivity index (χ2n) is 2.64. The van der Waals surface area contributed by atoms with E-state index in [9.17, 15) is 0 Å². The molecular weight excluding hydrogens is 168 g/mol. The van der Waals surface area contributed by atoms with Gasteiger partial charge in [-0.3, -0.25) is 0 Å². The molecule has 1 aromatic heterocycles. The van der Waals surface area contributed by atoms with Crippen molar-refractivity contribution in [1.82, 2.24) is 4.98 Å². The van der Waals surface area contributed by atoms with Crippen LogP contribution in [0.1, 0.15) is 29.6 Å². The topological polar surface area (TPSA) is 38.9 Å². The fraction of sp³-hybridized carbons (Fsp3) is 0.444. The highest BCUT2D eigenvalue weighted by atomic mass is 32.1. The third-order valence-electron chi connectivity index (χ3n) is 1.62. The number of nitrogens with zero attached hydrogens (tertiary/aromatic N) is 1. The van der Waals surface area contributed by atoms with Gasteiger partial charge in [0, 0.05) is 17.8 Å². The third kappa shape index (κ3) is 2.33. The first-order valence-corrected chi connectivity index (χ1v) is 4.73. The van der Waals surface area contributed by atoms with Gasteiger partial charge in [-0.25, -0.2) is 4.98 Å². The van der Waals surface area contributed by atoms with Gasteiger partial charge >= 0.3 is 0 Å². The minimum atomic E-state index is 0.00556. The summed E-state index contributed by atoms with van der Waals surface area (Å²) in [5.41, 5.74) is 6.81. The van der Waals surface area contributed by atoms with Crippen LogP contribution in [0, 0.1) is 19.3 Å². The van der Waals surface area contributed by atoms with Gasteiger partial charge in [0.05, 0.1) is 10.7 Å². The zero-order valence-corrected chi connectivity index (χ0v) is 7.90. The number of aryl methyl sites for hydroxylation is 1. The van der Waals surface area contributed by atoms with Crippen molar-refractivity contribution in [1.29, 1.82) is 0 Å². The second kappa shape index (κ2) is 4.24. The number of terminal acetylenes is 1. The summed E-state index contributed by atoms with van der Waals surface area (Å²) in [5.74, 6) is 2.57. The first kappa shape index (κ1) is 9.24. The summed E-state index contributed by atoms with van der Waals surface area (Å²) in [6.07, 6.45) is 6.68. The van der Waals surface area contributed by atoms with E-state index < -0.39 is 0 Å². The van der Waals surface area contributed by atoms with Crippen molar-refractivity contribution in [2.75, 3.05) is 0 Å². The summed E-state index contributed by atoms with van der Waals surface area (Å²) < 4.78 is 0. The molecule has 0 amide bonds. The summed E-state index contributed by atoms with van der Waals surface area (Å²) in [5, 5.41) is 3.05. The molecule has 64 valence electrons. The summed E-state index contributed by atoms with van der Waals surface area (Å²) in [7, 11) is 0. The van der Waals surface area contributed by atoms with Crippen LogP contribution >= 0.6 is 11.3 Å².